The van der Waals surface area contributed by atoms with Crippen molar-refractivity contribution in [2.24, 2.45) is 0 Å². The van der Waals surface area contributed by atoms with Crippen molar-refractivity contribution in [3.8, 4) is 11.3 Å². The van der Waals surface area contributed by atoms with Crippen LogP contribution in [0.25, 0.3) is 11.3 Å². The Morgan fingerprint density at radius 3 is 2.67 bits per heavy atom. The third-order valence-corrected chi connectivity index (χ3v) is 2.81. The average Bonchev–Trinajstić information content (AvgIpc) is 2.49. The lowest BCUT2D eigenvalue weighted by Crippen LogP contribution is -1.87. The second-order valence-electron chi connectivity index (χ2n) is 3.18. The number of benzene rings is 1. The van der Waals surface area contributed by atoms with E-state index >= 15 is 0 Å². The number of nitrogens with one attached hydrogen (secondary N) is 1. The summed E-state index contributed by atoms with van der Waals surface area (Å²) in [5.41, 5.74) is 1.86. The molecule has 1 N–H and O–H groups in total. The van der Waals surface area contributed by atoms with Crippen LogP contribution in [0.15, 0.2) is 22.7 Å². The highest BCUT2D eigenvalue weighted by Gasteiger charge is 2.13. The maximum atomic E-state index is 13.6. The van der Waals surface area contributed by atoms with Crippen molar-refractivity contribution >= 4 is 27.5 Å². The lowest BCUT2D eigenvalue weighted by Gasteiger charge is -2.03. The fraction of sp³-hybridized carbons (Fsp3) is 0.100. The molecule has 1 aromatic carbocycles. The average molecular weight is 290 g/mol. The second kappa shape index (κ2) is 3.94. The van der Waals surface area contributed by atoms with Gasteiger partial charge in [0.05, 0.1) is 11.3 Å². The van der Waals surface area contributed by atoms with E-state index in [9.17, 15) is 4.39 Å². The third kappa shape index (κ3) is 2.06. The van der Waals surface area contributed by atoms with Gasteiger partial charge in [0.2, 0.25) is 0 Å². The van der Waals surface area contributed by atoms with Gasteiger partial charge in [-0.25, -0.2) is 4.39 Å². The van der Waals surface area contributed by atoms with Gasteiger partial charge in [0.15, 0.2) is 0 Å². The number of aryl methyl sites for hydroxylation is 1. The minimum Gasteiger partial charge on any atom is -0.282 e. The van der Waals surface area contributed by atoms with Crippen LogP contribution < -0.4 is 0 Å². The molecule has 0 bridgehead atoms. The van der Waals surface area contributed by atoms with Gasteiger partial charge in [-0.05, 0) is 41.1 Å². The molecule has 0 atom stereocenters. The summed E-state index contributed by atoms with van der Waals surface area (Å²) in [6, 6.07) is 4.69. The topological polar surface area (TPSA) is 28.7 Å². The van der Waals surface area contributed by atoms with Crippen LogP contribution in [-0.2, 0) is 0 Å². The van der Waals surface area contributed by atoms with Gasteiger partial charge in [-0.1, -0.05) is 11.6 Å². The molecule has 2 nitrogen and oxygen atoms in total. The molecule has 2 rings (SSSR count). The molecule has 0 saturated carbocycles. The van der Waals surface area contributed by atoms with E-state index in [1.165, 1.54) is 6.07 Å². The quantitative estimate of drug-likeness (QED) is 0.846. The first-order valence-corrected chi connectivity index (χ1v) is 5.42. The number of hydrogen-bond acceptors (Lipinski definition) is 1. The van der Waals surface area contributed by atoms with Crippen molar-refractivity contribution in [3.63, 3.8) is 0 Å². The molecule has 0 spiro atoms. The van der Waals surface area contributed by atoms with E-state index < -0.39 is 0 Å². The number of rotatable bonds is 1. The van der Waals surface area contributed by atoms with Crippen molar-refractivity contribution in [2.45, 2.75) is 6.92 Å². The lowest BCUT2D eigenvalue weighted by molar-refractivity contribution is 0.630. The molecule has 0 aliphatic heterocycles. The van der Waals surface area contributed by atoms with Crippen molar-refractivity contribution in [1.82, 2.24) is 10.2 Å². The molecule has 0 aliphatic rings. The molecular weight excluding hydrogens is 282 g/mol. The van der Waals surface area contributed by atoms with Crippen LogP contribution in [0.5, 0.6) is 0 Å². The van der Waals surface area contributed by atoms with Crippen LogP contribution in [0.3, 0.4) is 0 Å². The van der Waals surface area contributed by atoms with E-state index in [2.05, 4.69) is 26.1 Å². The Hall–Kier alpha value is -0.870. The first-order valence-electron chi connectivity index (χ1n) is 4.25. The lowest BCUT2D eigenvalue weighted by atomic mass is 10.1. The van der Waals surface area contributed by atoms with Crippen LogP contribution in [-0.4, -0.2) is 10.2 Å². The summed E-state index contributed by atoms with van der Waals surface area (Å²) in [6.45, 7) is 1.86. The minimum atomic E-state index is -0.388. The fourth-order valence-corrected chi connectivity index (χ4v) is 2.31. The van der Waals surface area contributed by atoms with E-state index in [0.717, 1.165) is 5.69 Å². The van der Waals surface area contributed by atoms with Crippen LogP contribution in [0.1, 0.15) is 5.69 Å². The third-order valence-electron chi connectivity index (χ3n) is 1.97. The van der Waals surface area contributed by atoms with E-state index in [4.69, 9.17) is 11.6 Å². The zero-order valence-electron chi connectivity index (χ0n) is 7.81. The molecule has 5 heteroatoms. The Balaban J connectivity index is 2.62. The van der Waals surface area contributed by atoms with Gasteiger partial charge in [0, 0.05) is 15.2 Å². The Bertz CT molecular complexity index is 487. The molecule has 15 heavy (non-hydrogen) atoms. The zero-order chi connectivity index (χ0) is 11.0. The Labute approximate surface area is 99.6 Å². The number of H-pyrrole nitrogens is 1. The summed E-state index contributed by atoms with van der Waals surface area (Å²) >= 11 is 8.98. The normalized spacial score (nSPS) is 10.7. The van der Waals surface area contributed by atoms with Crippen molar-refractivity contribution in [3.05, 3.63) is 39.2 Å². The van der Waals surface area contributed by atoms with Crippen molar-refractivity contribution in [2.75, 3.05) is 0 Å². The van der Waals surface area contributed by atoms with Gasteiger partial charge < -0.3 is 0 Å². The minimum absolute atomic E-state index is 0.357. The maximum Gasteiger partial charge on any atom is 0.135 e. The van der Waals surface area contributed by atoms with Crippen LogP contribution in [0, 0.1) is 12.7 Å². The highest BCUT2D eigenvalue weighted by Crippen LogP contribution is 2.32. The molecule has 2 aromatic rings. The van der Waals surface area contributed by atoms with Gasteiger partial charge in [0.1, 0.15) is 5.82 Å². The smallest absolute Gasteiger partial charge is 0.135 e. The summed E-state index contributed by atoms with van der Waals surface area (Å²) in [6.07, 6.45) is 0. The van der Waals surface area contributed by atoms with E-state index in [0.29, 0.717) is 20.8 Å². The SMILES string of the molecule is Cc1cc(-c2c(F)cc(Cl)cc2Br)n[nH]1. The predicted molar refractivity (Wildman–Crippen MR) is 61.4 cm³/mol. The van der Waals surface area contributed by atoms with E-state index in [1.54, 1.807) is 12.1 Å². The monoisotopic (exact) mass is 288 g/mol. The Kier molecular flexibility index (Phi) is 2.80. The van der Waals surface area contributed by atoms with Gasteiger partial charge in [-0.3, -0.25) is 5.10 Å². The second-order valence-corrected chi connectivity index (χ2v) is 4.47. The summed E-state index contributed by atoms with van der Waals surface area (Å²) < 4.78 is 14.2. The molecule has 1 aromatic heterocycles. The summed E-state index contributed by atoms with van der Waals surface area (Å²) in [5.74, 6) is -0.388. The number of hydrogen-bond donors (Lipinski definition) is 1. The summed E-state index contributed by atoms with van der Waals surface area (Å²) in [7, 11) is 0. The zero-order valence-corrected chi connectivity index (χ0v) is 10.2. The van der Waals surface area contributed by atoms with Crippen LogP contribution in [0.2, 0.25) is 5.02 Å². The first kappa shape index (κ1) is 10.6. The molecular formula is C10H7BrClFN2. The molecule has 1 heterocycles. The van der Waals surface area contributed by atoms with Crippen molar-refractivity contribution < 1.29 is 4.39 Å². The van der Waals surface area contributed by atoms with Gasteiger partial charge in [-0.2, -0.15) is 5.10 Å². The highest BCUT2D eigenvalue weighted by molar-refractivity contribution is 9.10. The molecule has 0 saturated heterocycles. The van der Waals surface area contributed by atoms with Gasteiger partial charge in [-0.15, -0.1) is 0 Å². The standard InChI is InChI=1S/C10H7BrClFN2/c1-5-2-9(15-14-5)10-7(11)3-6(12)4-8(10)13/h2-4H,1H3,(H,14,15). The summed E-state index contributed by atoms with van der Waals surface area (Å²) in [5, 5.41) is 7.12. The van der Waals surface area contributed by atoms with Crippen LogP contribution >= 0.6 is 27.5 Å². The van der Waals surface area contributed by atoms with E-state index in [-0.39, 0.29) is 5.82 Å². The van der Waals surface area contributed by atoms with E-state index in [1.807, 2.05) is 6.92 Å². The number of aromatic amines is 1. The molecule has 0 radical (unpaired) electrons. The largest absolute Gasteiger partial charge is 0.282 e. The van der Waals surface area contributed by atoms with Gasteiger partial charge >= 0.3 is 0 Å². The van der Waals surface area contributed by atoms with Crippen molar-refractivity contribution in [1.29, 1.82) is 0 Å². The first-order chi connectivity index (χ1) is 7.08. The fourth-order valence-electron chi connectivity index (χ4n) is 1.33. The molecule has 0 unspecified atom stereocenters. The van der Waals surface area contributed by atoms with Crippen LogP contribution in [0.4, 0.5) is 4.39 Å². The summed E-state index contributed by atoms with van der Waals surface area (Å²) in [4.78, 5) is 0. The highest BCUT2D eigenvalue weighted by atomic mass is 79.9. The molecule has 78 valence electrons. The maximum absolute atomic E-state index is 13.6. The Morgan fingerprint density at radius 2 is 2.13 bits per heavy atom. The number of aromatic nitrogens is 2. The van der Waals surface area contributed by atoms with Gasteiger partial charge in [0.25, 0.3) is 0 Å². The molecule has 0 fully saturated rings. The Morgan fingerprint density at radius 1 is 1.40 bits per heavy atom. The molecule has 0 amide bonds. The molecule has 0 aliphatic carbocycles. The number of halogens is 3. The predicted octanol–water partition coefficient (Wildman–Crippen LogP) is 3.94. The number of nitrogens with zero attached hydrogens (tertiary/aromatic N) is 1.